The number of rotatable bonds is 11. The third-order valence-electron chi connectivity index (χ3n) is 11.1. The second-order valence-corrected chi connectivity index (χ2v) is 14.4. The zero-order chi connectivity index (χ0) is 24.3. The fourth-order valence-electron chi connectivity index (χ4n) is 9.22. The maximum absolute atomic E-state index is 6.26. The van der Waals surface area contributed by atoms with Gasteiger partial charge in [0.1, 0.15) is 0 Å². The molecule has 0 amide bonds. The molecular weight excluding hydrogens is 531 g/mol. The second-order valence-electron chi connectivity index (χ2n) is 13.3. The number of fused-ring (bicyclic) bond motifs is 5. The van der Waals surface area contributed by atoms with E-state index in [0.29, 0.717) is 16.9 Å². The summed E-state index contributed by atoms with van der Waals surface area (Å²) in [6, 6.07) is 0. The second kappa shape index (κ2) is 11.8. The van der Waals surface area contributed by atoms with E-state index in [1.807, 2.05) is 0 Å². The molecular formula is C31H53IO2. The van der Waals surface area contributed by atoms with Crippen LogP contribution in [0.5, 0.6) is 0 Å². The first-order valence-electron chi connectivity index (χ1n) is 14.7. The first kappa shape index (κ1) is 27.4. The summed E-state index contributed by atoms with van der Waals surface area (Å²) in [5.74, 6) is 5.52. The molecule has 0 aromatic heterocycles. The molecule has 0 heterocycles. The fourth-order valence-corrected chi connectivity index (χ4v) is 9.54. The van der Waals surface area contributed by atoms with Gasteiger partial charge in [0.05, 0.1) is 25.9 Å². The van der Waals surface area contributed by atoms with Gasteiger partial charge >= 0.3 is 0 Å². The lowest BCUT2D eigenvalue weighted by molar-refractivity contribution is -0.0674. The molecule has 0 saturated heterocycles. The molecule has 2 nitrogen and oxygen atoms in total. The van der Waals surface area contributed by atoms with E-state index >= 15 is 0 Å². The minimum atomic E-state index is 0.412. The zero-order valence-electron chi connectivity index (χ0n) is 22.9. The van der Waals surface area contributed by atoms with E-state index in [-0.39, 0.29) is 0 Å². The predicted molar refractivity (Wildman–Crippen MR) is 152 cm³/mol. The van der Waals surface area contributed by atoms with Gasteiger partial charge in [-0.2, -0.15) is 0 Å². The van der Waals surface area contributed by atoms with Crippen LogP contribution < -0.4 is 0 Å². The number of allylic oxidation sites excluding steroid dienone is 1. The van der Waals surface area contributed by atoms with Crippen LogP contribution in [0.3, 0.4) is 0 Å². The molecule has 0 N–H and O–H groups in total. The maximum atomic E-state index is 6.26. The molecule has 3 fully saturated rings. The van der Waals surface area contributed by atoms with Gasteiger partial charge in [-0.25, -0.2) is 0 Å². The third-order valence-corrected chi connectivity index (χ3v) is 11.5. The topological polar surface area (TPSA) is 18.5 Å². The van der Waals surface area contributed by atoms with Gasteiger partial charge in [-0.15, -0.1) is 0 Å². The number of halogens is 1. The average molecular weight is 585 g/mol. The highest BCUT2D eigenvalue weighted by molar-refractivity contribution is 14.1. The predicted octanol–water partition coefficient (Wildman–Crippen LogP) is 8.86. The summed E-state index contributed by atoms with van der Waals surface area (Å²) < 4.78 is 13.0. The number of ether oxygens (including phenoxy) is 2. The summed E-state index contributed by atoms with van der Waals surface area (Å²) in [5.41, 5.74) is 2.78. The Hall–Kier alpha value is 0.390. The van der Waals surface area contributed by atoms with Gasteiger partial charge in [-0.1, -0.05) is 88.1 Å². The SMILES string of the molecule is CC(C)CCC[C@@H](C)[C@H]1CCC2C3CC=C4C[C@@H](OCCOCCI)CC[C@]4(C)C3CC[C@@]21C. The highest BCUT2D eigenvalue weighted by Crippen LogP contribution is 2.67. The van der Waals surface area contributed by atoms with Gasteiger partial charge in [-0.05, 0) is 97.7 Å². The molecule has 8 atom stereocenters. The fraction of sp³-hybridized carbons (Fsp3) is 0.935. The van der Waals surface area contributed by atoms with Crippen LogP contribution in [0.15, 0.2) is 11.6 Å². The van der Waals surface area contributed by atoms with E-state index in [2.05, 4.69) is 63.3 Å². The number of hydrogen-bond donors (Lipinski definition) is 0. The summed E-state index contributed by atoms with van der Waals surface area (Å²) in [7, 11) is 0. The molecule has 4 rings (SSSR count). The summed E-state index contributed by atoms with van der Waals surface area (Å²) >= 11 is 2.37. The molecule has 3 saturated carbocycles. The highest BCUT2D eigenvalue weighted by Gasteiger charge is 2.59. The quantitative estimate of drug-likeness (QED) is 0.105. The van der Waals surface area contributed by atoms with Crippen LogP contribution in [0.2, 0.25) is 0 Å². The first-order chi connectivity index (χ1) is 16.3. The Morgan fingerprint density at radius 1 is 0.971 bits per heavy atom. The monoisotopic (exact) mass is 584 g/mol. The van der Waals surface area contributed by atoms with Crippen LogP contribution >= 0.6 is 22.6 Å². The molecule has 0 bridgehead atoms. The van der Waals surface area contributed by atoms with Crippen LogP contribution in [0.25, 0.3) is 0 Å². The number of hydrogen-bond acceptors (Lipinski definition) is 2. The normalized spacial score (nSPS) is 40.4. The van der Waals surface area contributed by atoms with E-state index in [1.54, 1.807) is 5.57 Å². The van der Waals surface area contributed by atoms with E-state index < -0.39 is 0 Å². The van der Waals surface area contributed by atoms with Crippen molar-refractivity contribution in [2.24, 2.45) is 46.3 Å². The van der Waals surface area contributed by atoms with Gasteiger partial charge in [0.2, 0.25) is 0 Å². The molecule has 4 aliphatic carbocycles. The summed E-state index contributed by atoms with van der Waals surface area (Å²) in [6.07, 6.45) is 18.4. The summed E-state index contributed by atoms with van der Waals surface area (Å²) in [6.45, 7) is 15.1. The number of alkyl halides is 1. The molecule has 3 unspecified atom stereocenters. The Morgan fingerprint density at radius 3 is 2.56 bits per heavy atom. The van der Waals surface area contributed by atoms with Crippen molar-refractivity contribution >= 4 is 22.6 Å². The van der Waals surface area contributed by atoms with Crippen molar-refractivity contribution in [3.8, 4) is 0 Å². The van der Waals surface area contributed by atoms with Crippen LogP contribution in [-0.2, 0) is 9.47 Å². The lowest BCUT2D eigenvalue weighted by atomic mass is 9.47. The van der Waals surface area contributed by atoms with Crippen molar-refractivity contribution in [1.29, 1.82) is 0 Å². The van der Waals surface area contributed by atoms with Crippen molar-refractivity contribution in [1.82, 2.24) is 0 Å². The van der Waals surface area contributed by atoms with Gasteiger partial charge in [0, 0.05) is 4.43 Å². The summed E-state index contributed by atoms with van der Waals surface area (Å²) in [4.78, 5) is 0. The smallest absolute Gasteiger partial charge is 0.0704 e. The minimum absolute atomic E-state index is 0.412. The van der Waals surface area contributed by atoms with E-state index in [4.69, 9.17) is 9.47 Å². The molecule has 0 aliphatic heterocycles. The third kappa shape index (κ3) is 5.62. The van der Waals surface area contributed by atoms with E-state index in [1.165, 1.54) is 70.6 Å². The molecule has 196 valence electrons. The minimum Gasteiger partial charge on any atom is -0.378 e. The highest BCUT2D eigenvalue weighted by atomic mass is 127. The van der Waals surface area contributed by atoms with Crippen molar-refractivity contribution in [3.05, 3.63) is 11.6 Å². The molecule has 0 aromatic rings. The van der Waals surface area contributed by atoms with Crippen LogP contribution in [-0.4, -0.2) is 30.4 Å². The van der Waals surface area contributed by atoms with Crippen molar-refractivity contribution < 1.29 is 9.47 Å². The van der Waals surface area contributed by atoms with Gasteiger partial charge in [0.25, 0.3) is 0 Å². The van der Waals surface area contributed by atoms with E-state index in [9.17, 15) is 0 Å². The zero-order valence-corrected chi connectivity index (χ0v) is 25.1. The van der Waals surface area contributed by atoms with Gasteiger partial charge in [-0.3, -0.25) is 0 Å². The lowest BCUT2D eigenvalue weighted by Crippen LogP contribution is -2.51. The Morgan fingerprint density at radius 2 is 1.79 bits per heavy atom. The Balaban J connectivity index is 1.37. The Kier molecular flexibility index (Phi) is 9.55. The largest absolute Gasteiger partial charge is 0.378 e. The maximum Gasteiger partial charge on any atom is 0.0704 e. The first-order valence-corrected chi connectivity index (χ1v) is 16.3. The summed E-state index contributed by atoms with van der Waals surface area (Å²) in [5, 5.41) is 0. The molecule has 34 heavy (non-hydrogen) atoms. The molecule has 4 aliphatic rings. The van der Waals surface area contributed by atoms with Crippen molar-refractivity contribution in [2.45, 2.75) is 111 Å². The molecule has 0 spiro atoms. The molecule has 3 heteroatoms. The molecule has 0 radical (unpaired) electrons. The van der Waals surface area contributed by atoms with Crippen molar-refractivity contribution in [2.75, 3.05) is 24.2 Å². The average Bonchev–Trinajstić information content (AvgIpc) is 3.16. The van der Waals surface area contributed by atoms with Crippen LogP contribution in [0, 0.1) is 46.3 Å². The Labute approximate surface area is 224 Å². The van der Waals surface area contributed by atoms with Crippen LogP contribution in [0.1, 0.15) is 105 Å². The standard InChI is InChI=1S/C31H53IO2/c1-22(2)7-6-8-23(3)27-11-12-28-26-10-9-24-21-25(34-20-19-33-18-17-32)13-15-30(24,4)29(26)14-16-31(27,28)5/h9,22-23,25-29H,6-8,10-21H2,1-5H3/t23-,25+,26?,27-,28?,29?,30+,31-/m1/s1. The van der Waals surface area contributed by atoms with E-state index in [0.717, 1.165) is 59.8 Å². The van der Waals surface area contributed by atoms with Gasteiger partial charge < -0.3 is 9.47 Å². The lowest BCUT2D eigenvalue weighted by Gasteiger charge is -2.58. The van der Waals surface area contributed by atoms with Gasteiger partial charge in [0.15, 0.2) is 0 Å². The van der Waals surface area contributed by atoms with Crippen LogP contribution in [0.4, 0.5) is 0 Å². The molecule has 0 aromatic carbocycles. The Bertz CT molecular complexity index is 689. The van der Waals surface area contributed by atoms with Crippen molar-refractivity contribution in [3.63, 3.8) is 0 Å².